The number of nitrogens with two attached hydrogens (primary N) is 1. The fourth-order valence-corrected chi connectivity index (χ4v) is 2.97. The maximum Gasteiger partial charge on any atom is 0.240 e. The molecule has 0 bridgehead atoms. The fourth-order valence-electron chi connectivity index (χ4n) is 1.64. The smallest absolute Gasteiger partial charge is 0.240 e. The van der Waals surface area contributed by atoms with E-state index >= 15 is 0 Å². The predicted molar refractivity (Wildman–Crippen MR) is 81.3 cm³/mol. The first kappa shape index (κ1) is 17.7. The molecule has 4 N–H and O–H groups in total. The Morgan fingerprint density at radius 1 is 1.43 bits per heavy atom. The largest absolute Gasteiger partial charge is 0.495 e. The molecule has 9 heteroatoms. The van der Waals surface area contributed by atoms with Crippen LogP contribution in [0.3, 0.4) is 0 Å². The van der Waals surface area contributed by atoms with Crippen molar-refractivity contribution in [3.8, 4) is 5.75 Å². The Hall–Kier alpha value is -1.35. The van der Waals surface area contributed by atoms with Crippen molar-refractivity contribution in [3.63, 3.8) is 0 Å². The van der Waals surface area contributed by atoms with Gasteiger partial charge in [0.1, 0.15) is 5.75 Å². The molecule has 1 saturated carbocycles. The van der Waals surface area contributed by atoms with E-state index in [4.69, 9.17) is 10.5 Å². The SMILES string of the molecule is COc1ccc(S(=O)(=O)NC2CC2)cc1NC(=O)CN.Cl. The summed E-state index contributed by atoms with van der Waals surface area (Å²) < 4.78 is 31.9. The van der Waals surface area contributed by atoms with E-state index in [-0.39, 0.29) is 35.6 Å². The number of sulfonamides is 1. The minimum Gasteiger partial charge on any atom is -0.495 e. The maximum absolute atomic E-state index is 12.1. The van der Waals surface area contributed by atoms with Crippen molar-refractivity contribution < 1.29 is 17.9 Å². The van der Waals surface area contributed by atoms with Gasteiger partial charge in [-0.3, -0.25) is 4.79 Å². The molecule has 1 aliphatic rings. The topological polar surface area (TPSA) is 111 Å². The normalized spacial score (nSPS) is 14.2. The minimum absolute atomic E-state index is 0. The van der Waals surface area contributed by atoms with Gasteiger partial charge in [-0.25, -0.2) is 13.1 Å². The van der Waals surface area contributed by atoms with Gasteiger partial charge in [-0.05, 0) is 31.0 Å². The van der Waals surface area contributed by atoms with E-state index in [0.717, 1.165) is 12.8 Å². The first-order valence-corrected chi connectivity index (χ1v) is 7.65. The number of hydrogen-bond acceptors (Lipinski definition) is 5. The van der Waals surface area contributed by atoms with Gasteiger partial charge in [0.15, 0.2) is 0 Å². The van der Waals surface area contributed by atoms with E-state index in [9.17, 15) is 13.2 Å². The second-order valence-corrected chi connectivity index (χ2v) is 6.22. The number of amides is 1. The van der Waals surface area contributed by atoms with Gasteiger partial charge in [-0.1, -0.05) is 0 Å². The van der Waals surface area contributed by atoms with Crippen molar-refractivity contribution >= 4 is 34.0 Å². The van der Waals surface area contributed by atoms with Gasteiger partial charge in [0, 0.05) is 6.04 Å². The van der Waals surface area contributed by atoms with Crippen LogP contribution >= 0.6 is 12.4 Å². The molecule has 0 heterocycles. The first-order chi connectivity index (χ1) is 9.46. The molecule has 0 atom stereocenters. The summed E-state index contributed by atoms with van der Waals surface area (Å²) >= 11 is 0. The summed E-state index contributed by atoms with van der Waals surface area (Å²) in [5.74, 6) is -0.0508. The summed E-state index contributed by atoms with van der Waals surface area (Å²) in [5, 5.41) is 2.51. The highest BCUT2D eigenvalue weighted by atomic mass is 35.5. The average molecular weight is 336 g/mol. The molecular weight excluding hydrogens is 318 g/mol. The highest BCUT2D eigenvalue weighted by Crippen LogP contribution is 2.29. The Morgan fingerprint density at radius 3 is 2.62 bits per heavy atom. The molecule has 0 spiro atoms. The third-order valence-electron chi connectivity index (χ3n) is 2.84. The standard InChI is InChI=1S/C12H17N3O4S.ClH/c1-19-11-5-4-9(6-10(11)14-12(16)7-13)20(17,18)15-8-2-3-8;/h4-6,8,15H,2-3,7,13H2,1H3,(H,14,16);1H. The molecule has 1 aromatic rings. The Kier molecular flexibility index (Phi) is 5.97. The molecule has 1 aliphatic carbocycles. The van der Waals surface area contributed by atoms with E-state index < -0.39 is 15.9 Å². The van der Waals surface area contributed by atoms with Crippen molar-refractivity contribution in [1.82, 2.24) is 4.72 Å². The average Bonchev–Trinajstić information content (AvgIpc) is 3.21. The molecule has 118 valence electrons. The van der Waals surface area contributed by atoms with E-state index in [2.05, 4.69) is 10.0 Å². The molecule has 1 amide bonds. The lowest BCUT2D eigenvalue weighted by Gasteiger charge is -2.12. The molecule has 7 nitrogen and oxygen atoms in total. The van der Waals surface area contributed by atoms with Crippen molar-refractivity contribution in [2.75, 3.05) is 19.0 Å². The van der Waals surface area contributed by atoms with Gasteiger partial charge in [-0.15, -0.1) is 12.4 Å². The lowest BCUT2D eigenvalue weighted by molar-refractivity contribution is -0.114. The summed E-state index contributed by atoms with van der Waals surface area (Å²) in [6.07, 6.45) is 1.71. The van der Waals surface area contributed by atoms with Crippen LogP contribution in [0.25, 0.3) is 0 Å². The molecule has 1 aromatic carbocycles. The van der Waals surface area contributed by atoms with Crippen LogP contribution in [0, 0.1) is 0 Å². The first-order valence-electron chi connectivity index (χ1n) is 6.16. The van der Waals surface area contributed by atoms with Crippen molar-refractivity contribution in [1.29, 1.82) is 0 Å². The van der Waals surface area contributed by atoms with Gasteiger partial charge in [0.2, 0.25) is 15.9 Å². The van der Waals surface area contributed by atoms with Crippen LogP contribution in [-0.4, -0.2) is 34.0 Å². The Bertz CT molecular complexity index is 617. The van der Waals surface area contributed by atoms with Gasteiger partial charge in [-0.2, -0.15) is 0 Å². The molecule has 1 fully saturated rings. The number of rotatable bonds is 6. The summed E-state index contributed by atoms with van der Waals surface area (Å²) in [5.41, 5.74) is 5.51. The highest BCUT2D eigenvalue weighted by molar-refractivity contribution is 7.89. The number of anilines is 1. The van der Waals surface area contributed by atoms with Gasteiger partial charge in [0.25, 0.3) is 0 Å². The van der Waals surface area contributed by atoms with Crippen molar-refractivity contribution in [2.45, 2.75) is 23.8 Å². The van der Waals surface area contributed by atoms with Crippen LogP contribution in [0.4, 0.5) is 5.69 Å². The number of ether oxygens (including phenoxy) is 1. The fraction of sp³-hybridized carbons (Fsp3) is 0.417. The number of hydrogen-bond donors (Lipinski definition) is 3. The summed E-state index contributed by atoms with van der Waals surface area (Å²) in [4.78, 5) is 11.4. The van der Waals surface area contributed by atoms with Gasteiger partial charge < -0.3 is 15.8 Å². The monoisotopic (exact) mass is 335 g/mol. The lowest BCUT2D eigenvalue weighted by atomic mass is 10.3. The zero-order valence-electron chi connectivity index (χ0n) is 11.5. The molecule has 0 unspecified atom stereocenters. The minimum atomic E-state index is -3.58. The third kappa shape index (κ3) is 4.57. The zero-order chi connectivity index (χ0) is 14.8. The molecule has 0 aromatic heterocycles. The molecular formula is C12H18ClN3O4S. The number of benzene rings is 1. The lowest BCUT2D eigenvalue weighted by Crippen LogP contribution is -2.26. The summed E-state index contributed by atoms with van der Waals surface area (Å²) in [6, 6.07) is 4.30. The number of halogens is 1. The third-order valence-corrected chi connectivity index (χ3v) is 4.36. The van der Waals surface area contributed by atoms with Crippen LogP contribution in [0.1, 0.15) is 12.8 Å². The number of nitrogens with one attached hydrogen (secondary N) is 2. The second-order valence-electron chi connectivity index (χ2n) is 4.51. The molecule has 0 radical (unpaired) electrons. The van der Waals surface area contributed by atoms with E-state index in [0.29, 0.717) is 5.75 Å². The Balaban J connectivity index is 0.00000220. The van der Waals surface area contributed by atoms with E-state index in [1.807, 2.05) is 0 Å². The molecule has 0 saturated heterocycles. The van der Waals surface area contributed by atoms with Crippen LogP contribution in [0.15, 0.2) is 23.1 Å². The van der Waals surface area contributed by atoms with Crippen molar-refractivity contribution in [2.24, 2.45) is 5.73 Å². The van der Waals surface area contributed by atoms with Crippen LogP contribution in [0.5, 0.6) is 5.75 Å². The van der Waals surface area contributed by atoms with Crippen LogP contribution < -0.4 is 20.5 Å². The quantitative estimate of drug-likeness (QED) is 0.699. The summed E-state index contributed by atoms with van der Waals surface area (Å²) in [7, 11) is -2.14. The Morgan fingerprint density at radius 2 is 2.10 bits per heavy atom. The zero-order valence-corrected chi connectivity index (χ0v) is 13.1. The van der Waals surface area contributed by atoms with Gasteiger partial charge in [0.05, 0.1) is 24.2 Å². The highest BCUT2D eigenvalue weighted by Gasteiger charge is 2.28. The molecule has 0 aliphatic heterocycles. The van der Waals surface area contributed by atoms with Crippen molar-refractivity contribution in [3.05, 3.63) is 18.2 Å². The predicted octanol–water partition coefficient (Wildman–Crippen LogP) is 0.455. The second kappa shape index (κ2) is 7.08. The number of carbonyl (C=O) groups is 1. The van der Waals surface area contributed by atoms with E-state index in [1.165, 1.54) is 25.3 Å². The van der Waals surface area contributed by atoms with Crippen LogP contribution in [-0.2, 0) is 14.8 Å². The van der Waals surface area contributed by atoms with E-state index in [1.54, 1.807) is 0 Å². The number of carbonyl (C=O) groups excluding carboxylic acids is 1. The molecule has 21 heavy (non-hydrogen) atoms. The molecule has 2 rings (SSSR count). The van der Waals surface area contributed by atoms with Gasteiger partial charge >= 0.3 is 0 Å². The van der Waals surface area contributed by atoms with Crippen LogP contribution in [0.2, 0.25) is 0 Å². The Labute approximate surface area is 129 Å². The number of methoxy groups -OCH3 is 1. The maximum atomic E-state index is 12.1. The summed E-state index contributed by atoms with van der Waals surface area (Å²) in [6.45, 7) is -0.194.